The van der Waals surface area contributed by atoms with Crippen LogP contribution in [0.1, 0.15) is 11.1 Å². The summed E-state index contributed by atoms with van der Waals surface area (Å²) < 4.78 is 5.63. The molecule has 0 atom stereocenters. The number of pyridine rings is 1. The van der Waals surface area contributed by atoms with Gasteiger partial charge in [-0.2, -0.15) is 0 Å². The fraction of sp³-hybridized carbons (Fsp3) is 0.0500. The molecule has 0 saturated carbocycles. The number of nitro benzene ring substituents is 1. The molecule has 2 heterocycles. The summed E-state index contributed by atoms with van der Waals surface area (Å²) in [6.45, 7) is 0. The van der Waals surface area contributed by atoms with Gasteiger partial charge in [0.1, 0.15) is 5.58 Å². The summed E-state index contributed by atoms with van der Waals surface area (Å²) >= 11 is 0. The number of hydrogen-bond acceptors (Lipinski definition) is 4. The van der Waals surface area contributed by atoms with Crippen molar-refractivity contribution in [1.82, 2.24) is 4.98 Å². The van der Waals surface area contributed by atoms with Crippen molar-refractivity contribution in [1.29, 1.82) is 0 Å². The number of nitro groups is 1. The van der Waals surface area contributed by atoms with Gasteiger partial charge in [-0.3, -0.25) is 15.1 Å². The van der Waals surface area contributed by atoms with Crippen LogP contribution in [0, 0.1) is 10.1 Å². The third-order valence-corrected chi connectivity index (χ3v) is 4.11. The largest absolute Gasteiger partial charge is 0.464 e. The summed E-state index contributed by atoms with van der Waals surface area (Å²) in [5.74, 6) is 0. The molecule has 0 unspecified atom stereocenters. The number of benzene rings is 2. The second kappa shape index (κ2) is 6.20. The van der Waals surface area contributed by atoms with Crippen LogP contribution >= 0.6 is 0 Å². The van der Waals surface area contributed by atoms with E-state index in [9.17, 15) is 10.1 Å². The van der Waals surface area contributed by atoms with E-state index < -0.39 is 0 Å². The summed E-state index contributed by atoms with van der Waals surface area (Å²) in [6.07, 6.45) is 5.96. The fourth-order valence-corrected chi connectivity index (χ4v) is 2.99. The van der Waals surface area contributed by atoms with Crippen LogP contribution in [0.5, 0.6) is 0 Å². The number of fused-ring (bicyclic) bond motifs is 1. The Bertz CT molecular complexity index is 1050. The fourth-order valence-electron chi connectivity index (χ4n) is 2.99. The first-order valence-corrected chi connectivity index (χ1v) is 7.84. The van der Waals surface area contributed by atoms with Crippen molar-refractivity contribution in [2.45, 2.75) is 6.42 Å². The number of aromatic nitrogens is 1. The number of non-ortho nitro benzene ring substituents is 1. The quantitative estimate of drug-likeness (QED) is 0.390. The molecule has 122 valence electrons. The second-order valence-corrected chi connectivity index (χ2v) is 5.83. The van der Waals surface area contributed by atoms with Gasteiger partial charge in [-0.1, -0.05) is 18.2 Å². The molecule has 2 aromatic heterocycles. The molecule has 2 aromatic carbocycles. The Labute approximate surface area is 143 Å². The van der Waals surface area contributed by atoms with Gasteiger partial charge in [0.05, 0.1) is 11.2 Å². The van der Waals surface area contributed by atoms with Crippen molar-refractivity contribution >= 4 is 16.7 Å². The van der Waals surface area contributed by atoms with Gasteiger partial charge in [0.15, 0.2) is 0 Å². The van der Waals surface area contributed by atoms with Gasteiger partial charge in [-0.15, -0.1) is 0 Å². The third-order valence-electron chi connectivity index (χ3n) is 4.11. The van der Waals surface area contributed by atoms with E-state index in [0.29, 0.717) is 0 Å². The number of nitrogens with zero attached hydrogens (tertiary/aromatic N) is 2. The standard InChI is InChI=1S/C20H14N2O3/c23-22(24)18-5-1-4-16(12-18)19-11-15(9-14-3-2-7-21-13-14)10-17-6-8-25-20(17)19/h1-8,10-13H,9H2. The number of furan rings is 1. The van der Waals surface area contributed by atoms with Crippen LogP contribution in [-0.4, -0.2) is 9.91 Å². The lowest BCUT2D eigenvalue weighted by molar-refractivity contribution is -0.384. The molecule has 0 aliphatic heterocycles. The summed E-state index contributed by atoms with van der Waals surface area (Å²) in [6, 6.07) is 16.6. The van der Waals surface area contributed by atoms with Crippen LogP contribution in [0.3, 0.4) is 0 Å². The normalized spacial score (nSPS) is 10.9. The van der Waals surface area contributed by atoms with Crippen molar-refractivity contribution in [3.05, 3.63) is 94.5 Å². The highest BCUT2D eigenvalue weighted by Crippen LogP contribution is 2.33. The van der Waals surface area contributed by atoms with Gasteiger partial charge < -0.3 is 4.42 Å². The van der Waals surface area contributed by atoms with Gasteiger partial charge in [0.25, 0.3) is 5.69 Å². The lowest BCUT2D eigenvalue weighted by atomic mass is 9.97. The van der Waals surface area contributed by atoms with Crippen molar-refractivity contribution in [3.63, 3.8) is 0 Å². The molecule has 4 rings (SSSR count). The predicted molar refractivity (Wildman–Crippen MR) is 95.3 cm³/mol. The van der Waals surface area contributed by atoms with Crippen molar-refractivity contribution in [3.8, 4) is 11.1 Å². The Kier molecular flexibility index (Phi) is 3.74. The summed E-state index contributed by atoms with van der Waals surface area (Å²) in [5.41, 5.74) is 4.62. The average molecular weight is 330 g/mol. The van der Waals surface area contributed by atoms with Gasteiger partial charge in [-0.05, 0) is 47.4 Å². The highest BCUT2D eigenvalue weighted by atomic mass is 16.6. The molecule has 0 amide bonds. The SMILES string of the molecule is O=[N+]([O-])c1cccc(-c2cc(Cc3cccnc3)cc3ccoc23)c1. The van der Waals surface area contributed by atoms with E-state index in [0.717, 1.165) is 39.6 Å². The predicted octanol–water partition coefficient (Wildman–Crippen LogP) is 4.99. The zero-order valence-corrected chi connectivity index (χ0v) is 13.3. The molecular weight excluding hydrogens is 316 g/mol. The maximum Gasteiger partial charge on any atom is 0.270 e. The van der Waals surface area contributed by atoms with E-state index in [1.54, 1.807) is 24.6 Å². The van der Waals surface area contributed by atoms with Gasteiger partial charge in [0.2, 0.25) is 0 Å². The molecule has 5 heteroatoms. The molecule has 0 aliphatic carbocycles. The minimum Gasteiger partial charge on any atom is -0.464 e. The molecule has 0 N–H and O–H groups in total. The zero-order valence-electron chi connectivity index (χ0n) is 13.3. The van der Waals surface area contributed by atoms with Gasteiger partial charge >= 0.3 is 0 Å². The molecule has 5 nitrogen and oxygen atoms in total. The smallest absolute Gasteiger partial charge is 0.270 e. The molecule has 0 fully saturated rings. The van der Waals surface area contributed by atoms with Crippen LogP contribution in [0.25, 0.3) is 22.1 Å². The Balaban J connectivity index is 1.84. The van der Waals surface area contributed by atoms with E-state index in [1.807, 2.05) is 36.5 Å². The zero-order chi connectivity index (χ0) is 17.2. The summed E-state index contributed by atoms with van der Waals surface area (Å²) in [7, 11) is 0. The highest BCUT2D eigenvalue weighted by Gasteiger charge is 2.13. The lowest BCUT2D eigenvalue weighted by Crippen LogP contribution is -1.92. The van der Waals surface area contributed by atoms with Gasteiger partial charge in [0, 0.05) is 35.5 Å². The molecule has 4 aromatic rings. The Morgan fingerprint density at radius 3 is 2.76 bits per heavy atom. The topological polar surface area (TPSA) is 69.2 Å². The minimum atomic E-state index is -0.387. The van der Waals surface area contributed by atoms with Crippen molar-refractivity contribution < 1.29 is 9.34 Å². The molecule has 0 bridgehead atoms. The molecule has 25 heavy (non-hydrogen) atoms. The van der Waals surface area contributed by atoms with Crippen molar-refractivity contribution in [2.75, 3.05) is 0 Å². The van der Waals surface area contributed by atoms with Crippen LogP contribution < -0.4 is 0 Å². The van der Waals surface area contributed by atoms with Crippen LogP contribution in [0.15, 0.2) is 77.7 Å². The second-order valence-electron chi connectivity index (χ2n) is 5.83. The summed E-state index contributed by atoms with van der Waals surface area (Å²) in [4.78, 5) is 14.8. The first kappa shape index (κ1) is 15.1. The Hall–Kier alpha value is -3.47. The van der Waals surface area contributed by atoms with Crippen molar-refractivity contribution in [2.24, 2.45) is 0 Å². The first-order chi connectivity index (χ1) is 12.2. The number of rotatable bonds is 4. The first-order valence-electron chi connectivity index (χ1n) is 7.84. The maximum atomic E-state index is 11.1. The van der Waals surface area contributed by atoms with Crippen LogP contribution in [0.2, 0.25) is 0 Å². The Morgan fingerprint density at radius 2 is 1.96 bits per heavy atom. The van der Waals surface area contributed by atoms with E-state index in [2.05, 4.69) is 11.1 Å². The minimum absolute atomic E-state index is 0.0647. The third kappa shape index (κ3) is 2.99. The monoisotopic (exact) mass is 330 g/mol. The average Bonchev–Trinajstić information content (AvgIpc) is 3.10. The molecular formula is C20H14N2O3. The van der Waals surface area contributed by atoms with E-state index in [4.69, 9.17) is 4.42 Å². The van der Waals surface area contributed by atoms with Crippen LogP contribution in [-0.2, 0) is 6.42 Å². The van der Waals surface area contributed by atoms with Crippen LogP contribution in [0.4, 0.5) is 5.69 Å². The highest BCUT2D eigenvalue weighted by molar-refractivity contribution is 5.93. The van der Waals surface area contributed by atoms with E-state index >= 15 is 0 Å². The van der Waals surface area contributed by atoms with E-state index in [1.165, 1.54) is 6.07 Å². The molecule has 0 radical (unpaired) electrons. The lowest BCUT2D eigenvalue weighted by Gasteiger charge is -2.08. The molecule has 0 saturated heterocycles. The molecule has 0 spiro atoms. The summed E-state index contributed by atoms with van der Waals surface area (Å²) in [5, 5.41) is 12.1. The molecule has 0 aliphatic rings. The number of hydrogen-bond donors (Lipinski definition) is 0. The van der Waals surface area contributed by atoms with Gasteiger partial charge in [-0.25, -0.2) is 0 Å². The van der Waals surface area contributed by atoms with E-state index in [-0.39, 0.29) is 10.6 Å². The maximum absolute atomic E-state index is 11.1. The Morgan fingerprint density at radius 1 is 1.04 bits per heavy atom.